The molecule has 0 bridgehead atoms. The lowest BCUT2D eigenvalue weighted by atomic mass is 10.0. The highest BCUT2D eigenvalue weighted by Gasteiger charge is 2.16. The highest BCUT2D eigenvalue weighted by molar-refractivity contribution is 9.10. The molecule has 5 heteroatoms. The number of aliphatic hydroxyl groups excluding tert-OH is 1. The molecule has 0 fully saturated rings. The van der Waals surface area contributed by atoms with E-state index in [1.165, 1.54) is 0 Å². The van der Waals surface area contributed by atoms with Crippen molar-refractivity contribution in [2.75, 3.05) is 6.54 Å². The standard InChI is InChI=1S/C15H22BrNO3/c1-10(2)13(18)8-9-17-15(19)11(3)20-14-7-5-4-6-12(14)16/h4-7,10-11,13,18H,8-9H2,1-3H3,(H,17,19). The molecule has 0 spiro atoms. The van der Waals surface area contributed by atoms with E-state index in [0.717, 1.165) is 4.47 Å². The van der Waals surface area contributed by atoms with Crippen LogP contribution < -0.4 is 10.1 Å². The van der Waals surface area contributed by atoms with Gasteiger partial charge in [0.2, 0.25) is 0 Å². The van der Waals surface area contributed by atoms with E-state index in [4.69, 9.17) is 4.74 Å². The van der Waals surface area contributed by atoms with E-state index in [9.17, 15) is 9.90 Å². The molecular formula is C15H22BrNO3. The van der Waals surface area contributed by atoms with Crippen LogP contribution in [0.1, 0.15) is 27.2 Å². The molecule has 2 atom stereocenters. The van der Waals surface area contributed by atoms with Crippen molar-refractivity contribution in [1.82, 2.24) is 5.32 Å². The third-order valence-electron chi connectivity index (χ3n) is 3.02. The van der Waals surface area contributed by atoms with Crippen LogP contribution in [-0.2, 0) is 4.79 Å². The number of hydrogen-bond donors (Lipinski definition) is 2. The largest absolute Gasteiger partial charge is 0.480 e. The molecule has 0 aromatic heterocycles. The molecule has 2 unspecified atom stereocenters. The van der Waals surface area contributed by atoms with Crippen LogP contribution >= 0.6 is 15.9 Å². The van der Waals surface area contributed by atoms with Crippen molar-refractivity contribution in [2.24, 2.45) is 5.92 Å². The molecule has 112 valence electrons. The number of aliphatic hydroxyl groups is 1. The quantitative estimate of drug-likeness (QED) is 0.800. The third-order valence-corrected chi connectivity index (χ3v) is 3.67. The van der Waals surface area contributed by atoms with Crippen LogP contribution in [0.4, 0.5) is 0 Å². The van der Waals surface area contributed by atoms with Gasteiger partial charge in [0, 0.05) is 6.54 Å². The molecule has 0 aliphatic heterocycles. The number of halogens is 1. The zero-order valence-corrected chi connectivity index (χ0v) is 13.7. The lowest BCUT2D eigenvalue weighted by Crippen LogP contribution is -2.38. The Bertz CT molecular complexity index is 437. The molecule has 0 radical (unpaired) electrons. The van der Waals surface area contributed by atoms with Crippen LogP contribution in [0.15, 0.2) is 28.7 Å². The first-order chi connectivity index (χ1) is 9.41. The van der Waals surface area contributed by atoms with Crippen LogP contribution in [0.3, 0.4) is 0 Å². The molecule has 2 N–H and O–H groups in total. The summed E-state index contributed by atoms with van der Waals surface area (Å²) in [6.07, 6.45) is -0.426. The van der Waals surface area contributed by atoms with E-state index in [0.29, 0.717) is 18.7 Å². The molecule has 0 saturated heterocycles. The van der Waals surface area contributed by atoms with Gasteiger partial charge < -0.3 is 15.2 Å². The first kappa shape index (κ1) is 17.0. The Hall–Kier alpha value is -1.07. The number of ether oxygens (including phenoxy) is 1. The van der Waals surface area contributed by atoms with E-state index in [1.54, 1.807) is 13.0 Å². The van der Waals surface area contributed by atoms with E-state index in [-0.39, 0.29) is 11.8 Å². The van der Waals surface area contributed by atoms with E-state index < -0.39 is 12.2 Å². The highest BCUT2D eigenvalue weighted by atomic mass is 79.9. The fourth-order valence-electron chi connectivity index (χ4n) is 1.60. The summed E-state index contributed by atoms with van der Waals surface area (Å²) in [6.45, 7) is 6.05. The zero-order chi connectivity index (χ0) is 15.1. The number of rotatable bonds is 7. The number of amides is 1. The van der Waals surface area contributed by atoms with Crippen molar-refractivity contribution in [3.05, 3.63) is 28.7 Å². The van der Waals surface area contributed by atoms with Crippen LogP contribution in [-0.4, -0.2) is 29.8 Å². The molecular weight excluding hydrogens is 322 g/mol. The fourth-order valence-corrected chi connectivity index (χ4v) is 1.98. The molecule has 0 aliphatic rings. The second-order valence-corrected chi connectivity index (χ2v) is 5.94. The molecule has 1 aromatic carbocycles. The van der Waals surface area contributed by atoms with Crippen molar-refractivity contribution in [2.45, 2.75) is 39.4 Å². The maximum Gasteiger partial charge on any atom is 0.260 e. The van der Waals surface area contributed by atoms with Crippen molar-refractivity contribution in [1.29, 1.82) is 0 Å². The average molecular weight is 344 g/mol. The number of hydrogen-bond acceptors (Lipinski definition) is 3. The maximum absolute atomic E-state index is 11.9. The molecule has 20 heavy (non-hydrogen) atoms. The summed E-state index contributed by atoms with van der Waals surface area (Å²) in [7, 11) is 0. The summed E-state index contributed by atoms with van der Waals surface area (Å²) in [6, 6.07) is 7.40. The van der Waals surface area contributed by atoms with Gasteiger partial charge in [-0.25, -0.2) is 0 Å². The minimum Gasteiger partial charge on any atom is -0.480 e. The minimum atomic E-state index is -0.579. The summed E-state index contributed by atoms with van der Waals surface area (Å²) in [4.78, 5) is 11.9. The Balaban J connectivity index is 2.38. The summed E-state index contributed by atoms with van der Waals surface area (Å²) in [5, 5.41) is 12.4. The Kier molecular flexibility index (Phi) is 7.02. The molecule has 4 nitrogen and oxygen atoms in total. The van der Waals surface area contributed by atoms with Gasteiger partial charge in [0.05, 0.1) is 10.6 Å². The Morgan fingerprint density at radius 1 is 1.35 bits per heavy atom. The van der Waals surface area contributed by atoms with Crippen LogP contribution in [0.5, 0.6) is 5.75 Å². The first-order valence-electron chi connectivity index (χ1n) is 6.78. The topological polar surface area (TPSA) is 58.6 Å². The normalized spacial score (nSPS) is 13.9. The molecule has 1 amide bonds. The van der Waals surface area contributed by atoms with Gasteiger partial charge in [0.25, 0.3) is 5.91 Å². The first-order valence-corrected chi connectivity index (χ1v) is 7.58. The van der Waals surface area contributed by atoms with E-state index >= 15 is 0 Å². The summed E-state index contributed by atoms with van der Waals surface area (Å²) in [5.41, 5.74) is 0. The van der Waals surface area contributed by atoms with Gasteiger partial charge in [-0.15, -0.1) is 0 Å². The monoisotopic (exact) mass is 343 g/mol. The number of benzene rings is 1. The molecule has 0 saturated carbocycles. The molecule has 0 heterocycles. The predicted molar refractivity (Wildman–Crippen MR) is 82.7 cm³/mol. The van der Waals surface area contributed by atoms with Gasteiger partial charge in [0.15, 0.2) is 6.10 Å². The number of carbonyl (C=O) groups excluding carboxylic acids is 1. The second-order valence-electron chi connectivity index (χ2n) is 5.08. The van der Waals surface area contributed by atoms with Gasteiger partial charge in [0.1, 0.15) is 5.75 Å². The smallest absolute Gasteiger partial charge is 0.260 e. The molecule has 1 rings (SSSR count). The second kappa shape index (κ2) is 8.27. The van der Waals surface area contributed by atoms with Crippen molar-refractivity contribution >= 4 is 21.8 Å². The van der Waals surface area contributed by atoms with Crippen molar-refractivity contribution in [3.63, 3.8) is 0 Å². The van der Waals surface area contributed by atoms with Crippen LogP contribution in [0.25, 0.3) is 0 Å². The van der Waals surface area contributed by atoms with E-state index in [1.807, 2.05) is 32.0 Å². The Labute approximate surface area is 128 Å². The maximum atomic E-state index is 11.9. The van der Waals surface area contributed by atoms with Gasteiger partial charge in [-0.05, 0) is 47.3 Å². The fraction of sp³-hybridized carbons (Fsp3) is 0.533. The van der Waals surface area contributed by atoms with Gasteiger partial charge in [-0.1, -0.05) is 26.0 Å². The van der Waals surface area contributed by atoms with Gasteiger partial charge in [-0.2, -0.15) is 0 Å². The molecule has 0 aliphatic carbocycles. The van der Waals surface area contributed by atoms with Gasteiger partial charge in [-0.3, -0.25) is 4.79 Å². The summed E-state index contributed by atoms with van der Waals surface area (Å²) in [5.74, 6) is 0.648. The lowest BCUT2D eigenvalue weighted by molar-refractivity contribution is -0.127. The minimum absolute atomic E-state index is 0.184. The Morgan fingerprint density at radius 3 is 2.60 bits per heavy atom. The molecule has 1 aromatic rings. The highest BCUT2D eigenvalue weighted by Crippen LogP contribution is 2.24. The van der Waals surface area contributed by atoms with Crippen LogP contribution in [0.2, 0.25) is 0 Å². The lowest BCUT2D eigenvalue weighted by Gasteiger charge is -2.17. The summed E-state index contributed by atoms with van der Waals surface area (Å²) >= 11 is 3.37. The van der Waals surface area contributed by atoms with Crippen molar-refractivity contribution in [3.8, 4) is 5.75 Å². The number of para-hydroxylation sites is 1. The SMILES string of the molecule is CC(Oc1ccccc1Br)C(=O)NCCC(O)C(C)C. The Morgan fingerprint density at radius 2 is 2.00 bits per heavy atom. The predicted octanol–water partition coefficient (Wildman–Crippen LogP) is 2.74. The number of nitrogens with one attached hydrogen (secondary N) is 1. The number of carbonyl (C=O) groups is 1. The third kappa shape index (κ3) is 5.51. The van der Waals surface area contributed by atoms with Crippen molar-refractivity contribution < 1.29 is 14.6 Å². The van der Waals surface area contributed by atoms with Gasteiger partial charge >= 0.3 is 0 Å². The van der Waals surface area contributed by atoms with E-state index in [2.05, 4.69) is 21.2 Å². The average Bonchev–Trinajstić information content (AvgIpc) is 2.40. The van der Waals surface area contributed by atoms with Crippen LogP contribution in [0, 0.1) is 5.92 Å². The zero-order valence-electron chi connectivity index (χ0n) is 12.1. The summed E-state index contributed by atoms with van der Waals surface area (Å²) < 4.78 is 6.41.